The summed E-state index contributed by atoms with van der Waals surface area (Å²) in [7, 11) is 0. The highest BCUT2D eigenvalue weighted by Gasteiger charge is 2.18. The average Bonchev–Trinajstić information content (AvgIpc) is 2.49. The fourth-order valence-electron chi connectivity index (χ4n) is 2.74. The van der Waals surface area contributed by atoms with E-state index in [2.05, 4.69) is 60.8 Å². The maximum atomic E-state index is 6.22. The van der Waals surface area contributed by atoms with Gasteiger partial charge >= 0.3 is 0 Å². The van der Waals surface area contributed by atoms with Crippen molar-refractivity contribution >= 4 is 34.2 Å². The molecule has 0 radical (unpaired) electrons. The normalized spacial score (nSPS) is 14.1. The Morgan fingerprint density at radius 3 is 2.57 bits per heavy atom. The molecule has 0 spiro atoms. The minimum atomic E-state index is 0.428. The van der Waals surface area contributed by atoms with Crippen LogP contribution in [0.3, 0.4) is 0 Å². The molecule has 0 aliphatic rings. The topological polar surface area (TPSA) is 12.0 Å². The van der Waals surface area contributed by atoms with Crippen LogP contribution >= 0.6 is 34.2 Å². The lowest BCUT2D eigenvalue weighted by molar-refractivity contribution is 0.353. The Bertz CT molecular complexity index is 408. The molecule has 0 aromatic heterocycles. The molecular formula is C18H29ClIN. The van der Waals surface area contributed by atoms with E-state index in [4.69, 9.17) is 11.6 Å². The summed E-state index contributed by atoms with van der Waals surface area (Å²) in [5.41, 5.74) is 1.37. The van der Waals surface area contributed by atoms with E-state index in [0.29, 0.717) is 6.04 Å². The number of nitrogens with one attached hydrogen (secondary N) is 1. The van der Waals surface area contributed by atoms with Gasteiger partial charge in [-0.2, -0.15) is 0 Å². The molecule has 21 heavy (non-hydrogen) atoms. The van der Waals surface area contributed by atoms with Crippen LogP contribution in [0.1, 0.15) is 70.9 Å². The van der Waals surface area contributed by atoms with E-state index in [-0.39, 0.29) is 0 Å². The van der Waals surface area contributed by atoms with Gasteiger partial charge in [0.25, 0.3) is 0 Å². The summed E-state index contributed by atoms with van der Waals surface area (Å²) in [6.45, 7) is 7.89. The van der Waals surface area contributed by atoms with E-state index >= 15 is 0 Å². The number of rotatable bonds is 10. The largest absolute Gasteiger partial charge is 0.310 e. The van der Waals surface area contributed by atoms with Gasteiger partial charge in [0.05, 0.1) is 0 Å². The molecule has 0 amide bonds. The molecule has 0 heterocycles. The number of unbranched alkanes of at least 4 members (excludes halogenated alkanes) is 1. The molecule has 1 aromatic carbocycles. The van der Waals surface area contributed by atoms with Crippen molar-refractivity contribution in [2.45, 2.75) is 65.3 Å². The van der Waals surface area contributed by atoms with Crippen LogP contribution in [0, 0.1) is 9.49 Å². The highest BCUT2D eigenvalue weighted by atomic mass is 127. The SMILES string of the molecule is CCCCC(CC)CC(NCCC)c1cc(Cl)ccc1I. The molecule has 120 valence electrons. The molecule has 2 unspecified atom stereocenters. The molecule has 2 atom stereocenters. The molecule has 0 aliphatic carbocycles. The Morgan fingerprint density at radius 1 is 1.19 bits per heavy atom. The monoisotopic (exact) mass is 421 g/mol. The Balaban J connectivity index is 2.85. The third-order valence-electron chi connectivity index (χ3n) is 4.09. The standard InChI is InChI=1S/C18H29ClIN/c1-4-7-8-14(6-3)12-18(21-11-5-2)16-13-15(19)9-10-17(16)20/h9-10,13-14,18,21H,4-8,11-12H2,1-3H3. The van der Waals surface area contributed by atoms with Gasteiger partial charge in [-0.25, -0.2) is 0 Å². The first kappa shape index (κ1) is 19.2. The zero-order valence-corrected chi connectivity index (χ0v) is 16.5. The van der Waals surface area contributed by atoms with Gasteiger partial charge in [0, 0.05) is 14.6 Å². The zero-order chi connectivity index (χ0) is 15.7. The van der Waals surface area contributed by atoms with Crippen molar-refractivity contribution in [1.82, 2.24) is 5.32 Å². The Labute approximate surface area is 149 Å². The van der Waals surface area contributed by atoms with E-state index in [9.17, 15) is 0 Å². The van der Waals surface area contributed by atoms with Crippen molar-refractivity contribution in [2.24, 2.45) is 5.92 Å². The molecule has 1 rings (SSSR count). The van der Waals surface area contributed by atoms with Gasteiger partial charge < -0.3 is 5.32 Å². The van der Waals surface area contributed by atoms with Crippen LogP contribution in [-0.2, 0) is 0 Å². The van der Waals surface area contributed by atoms with E-state index in [1.54, 1.807) is 0 Å². The average molecular weight is 422 g/mol. The van der Waals surface area contributed by atoms with Gasteiger partial charge in [0.15, 0.2) is 0 Å². The van der Waals surface area contributed by atoms with Crippen LogP contribution in [0.4, 0.5) is 0 Å². The van der Waals surface area contributed by atoms with E-state index < -0.39 is 0 Å². The van der Waals surface area contributed by atoms with Crippen molar-refractivity contribution in [3.63, 3.8) is 0 Å². The first-order valence-corrected chi connectivity index (χ1v) is 9.76. The fourth-order valence-corrected chi connectivity index (χ4v) is 3.63. The highest BCUT2D eigenvalue weighted by molar-refractivity contribution is 14.1. The summed E-state index contributed by atoms with van der Waals surface area (Å²) >= 11 is 8.65. The van der Waals surface area contributed by atoms with Gasteiger partial charge in [-0.05, 0) is 71.7 Å². The second-order valence-electron chi connectivity index (χ2n) is 5.82. The maximum absolute atomic E-state index is 6.22. The molecule has 1 nitrogen and oxygen atoms in total. The van der Waals surface area contributed by atoms with Crippen molar-refractivity contribution in [1.29, 1.82) is 0 Å². The fraction of sp³-hybridized carbons (Fsp3) is 0.667. The summed E-state index contributed by atoms with van der Waals surface area (Å²) in [6.07, 6.45) is 7.62. The minimum Gasteiger partial charge on any atom is -0.310 e. The number of halogens is 2. The first-order valence-electron chi connectivity index (χ1n) is 8.30. The van der Waals surface area contributed by atoms with Crippen LogP contribution < -0.4 is 5.32 Å². The van der Waals surface area contributed by atoms with Crippen LogP contribution in [0.2, 0.25) is 5.02 Å². The number of hydrogen-bond acceptors (Lipinski definition) is 1. The van der Waals surface area contributed by atoms with Crippen molar-refractivity contribution < 1.29 is 0 Å². The maximum Gasteiger partial charge on any atom is 0.0410 e. The van der Waals surface area contributed by atoms with Crippen LogP contribution in [-0.4, -0.2) is 6.54 Å². The van der Waals surface area contributed by atoms with Gasteiger partial charge in [-0.15, -0.1) is 0 Å². The van der Waals surface area contributed by atoms with Crippen LogP contribution in [0.5, 0.6) is 0 Å². The molecule has 0 saturated heterocycles. The number of benzene rings is 1. The summed E-state index contributed by atoms with van der Waals surface area (Å²) in [5, 5.41) is 4.57. The van der Waals surface area contributed by atoms with Gasteiger partial charge in [0.2, 0.25) is 0 Å². The summed E-state index contributed by atoms with van der Waals surface area (Å²) in [5.74, 6) is 0.800. The van der Waals surface area contributed by atoms with Crippen molar-refractivity contribution in [3.05, 3.63) is 32.4 Å². The molecule has 0 fully saturated rings. The lowest BCUT2D eigenvalue weighted by Gasteiger charge is -2.25. The molecule has 3 heteroatoms. The lowest BCUT2D eigenvalue weighted by Crippen LogP contribution is -2.25. The Hall–Kier alpha value is 0.200. The van der Waals surface area contributed by atoms with Gasteiger partial charge in [0.1, 0.15) is 0 Å². The lowest BCUT2D eigenvalue weighted by atomic mass is 9.89. The van der Waals surface area contributed by atoms with Gasteiger partial charge in [-0.1, -0.05) is 58.1 Å². The van der Waals surface area contributed by atoms with Crippen molar-refractivity contribution in [2.75, 3.05) is 6.54 Å². The predicted molar refractivity (Wildman–Crippen MR) is 103 cm³/mol. The van der Waals surface area contributed by atoms with Crippen LogP contribution in [0.15, 0.2) is 18.2 Å². The third-order valence-corrected chi connectivity index (χ3v) is 5.30. The minimum absolute atomic E-state index is 0.428. The van der Waals surface area contributed by atoms with E-state index in [0.717, 1.165) is 17.5 Å². The molecule has 0 aliphatic heterocycles. The summed E-state index contributed by atoms with van der Waals surface area (Å²) in [4.78, 5) is 0. The summed E-state index contributed by atoms with van der Waals surface area (Å²) in [6, 6.07) is 6.69. The molecule has 1 N–H and O–H groups in total. The van der Waals surface area contributed by atoms with Crippen molar-refractivity contribution in [3.8, 4) is 0 Å². The highest BCUT2D eigenvalue weighted by Crippen LogP contribution is 2.31. The second kappa shape index (κ2) is 10.8. The molecular weight excluding hydrogens is 393 g/mol. The molecule has 0 bridgehead atoms. The Morgan fingerprint density at radius 2 is 1.95 bits per heavy atom. The molecule has 0 saturated carbocycles. The van der Waals surface area contributed by atoms with E-state index in [1.165, 1.54) is 47.7 Å². The predicted octanol–water partition coefficient (Wildman–Crippen LogP) is 6.59. The first-order chi connectivity index (χ1) is 10.1. The molecule has 1 aromatic rings. The van der Waals surface area contributed by atoms with E-state index in [1.807, 2.05) is 6.07 Å². The third kappa shape index (κ3) is 6.87. The quantitative estimate of drug-likeness (QED) is 0.420. The zero-order valence-electron chi connectivity index (χ0n) is 13.6. The smallest absolute Gasteiger partial charge is 0.0410 e. The summed E-state index contributed by atoms with van der Waals surface area (Å²) < 4.78 is 1.32. The number of hydrogen-bond donors (Lipinski definition) is 1. The second-order valence-corrected chi connectivity index (χ2v) is 7.42. The van der Waals surface area contributed by atoms with Gasteiger partial charge in [-0.3, -0.25) is 0 Å². The Kier molecular flexibility index (Phi) is 9.94. The van der Waals surface area contributed by atoms with Crippen LogP contribution in [0.25, 0.3) is 0 Å².